The molecule has 2 heterocycles. The third-order valence-electron chi connectivity index (χ3n) is 4.93. The van der Waals surface area contributed by atoms with Crippen LogP contribution in [-0.2, 0) is 9.59 Å². The number of hydrogen-bond donors (Lipinski definition) is 1. The molecule has 1 unspecified atom stereocenters. The Morgan fingerprint density at radius 2 is 1.96 bits per heavy atom. The molecule has 2 aliphatic rings. The van der Waals surface area contributed by atoms with E-state index in [9.17, 15) is 9.59 Å². The van der Waals surface area contributed by atoms with E-state index in [1.54, 1.807) is 12.1 Å². The minimum Gasteiger partial charge on any atom is -0.482 e. The number of fused-ring (bicyclic) bond motifs is 1. The molecule has 0 bridgehead atoms. The summed E-state index contributed by atoms with van der Waals surface area (Å²) in [6.07, 6.45) is 0. The first-order valence-electron chi connectivity index (χ1n) is 8.92. The van der Waals surface area contributed by atoms with Crippen molar-refractivity contribution in [2.75, 3.05) is 37.7 Å². The molecule has 27 heavy (non-hydrogen) atoms. The number of rotatable bonds is 3. The van der Waals surface area contributed by atoms with Crippen LogP contribution in [0.2, 0.25) is 5.02 Å². The Bertz CT molecular complexity index is 873. The highest BCUT2D eigenvalue weighted by molar-refractivity contribution is 6.31. The molecular formula is C20H20ClN3O3. The van der Waals surface area contributed by atoms with Gasteiger partial charge in [-0.3, -0.25) is 14.5 Å². The molecule has 0 aliphatic carbocycles. The number of carbonyl (C=O) groups is 2. The zero-order chi connectivity index (χ0) is 18.8. The van der Waals surface area contributed by atoms with E-state index >= 15 is 0 Å². The van der Waals surface area contributed by atoms with Gasteiger partial charge >= 0.3 is 0 Å². The molecule has 2 aromatic carbocycles. The van der Waals surface area contributed by atoms with Crippen molar-refractivity contribution in [2.24, 2.45) is 0 Å². The van der Waals surface area contributed by atoms with Crippen LogP contribution in [0.15, 0.2) is 48.5 Å². The van der Waals surface area contributed by atoms with Gasteiger partial charge in [0.2, 0.25) is 5.91 Å². The third-order valence-corrected chi connectivity index (χ3v) is 5.27. The second kappa shape index (κ2) is 7.58. The van der Waals surface area contributed by atoms with Gasteiger partial charge in [-0.25, -0.2) is 0 Å². The quantitative estimate of drug-likeness (QED) is 0.880. The number of anilines is 1. The summed E-state index contributed by atoms with van der Waals surface area (Å²) in [7, 11) is 0. The van der Waals surface area contributed by atoms with Crippen LogP contribution in [0.25, 0.3) is 0 Å². The predicted octanol–water partition coefficient (Wildman–Crippen LogP) is 2.24. The molecule has 2 aliphatic heterocycles. The van der Waals surface area contributed by atoms with E-state index in [2.05, 4.69) is 5.32 Å². The van der Waals surface area contributed by atoms with Gasteiger partial charge < -0.3 is 15.0 Å². The molecular weight excluding hydrogens is 366 g/mol. The lowest BCUT2D eigenvalue weighted by Crippen LogP contribution is -2.53. The van der Waals surface area contributed by atoms with Crippen molar-refractivity contribution in [1.29, 1.82) is 0 Å². The highest BCUT2D eigenvalue weighted by Gasteiger charge is 2.33. The van der Waals surface area contributed by atoms with Crippen LogP contribution in [0.4, 0.5) is 5.69 Å². The minimum atomic E-state index is -0.216. The van der Waals surface area contributed by atoms with Gasteiger partial charge in [0, 0.05) is 24.7 Å². The summed E-state index contributed by atoms with van der Waals surface area (Å²) in [6.45, 7) is 1.83. The number of piperazine rings is 1. The second-order valence-corrected chi connectivity index (χ2v) is 6.97. The largest absolute Gasteiger partial charge is 0.482 e. The molecule has 1 N–H and O–H groups in total. The number of ether oxygens (including phenoxy) is 1. The van der Waals surface area contributed by atoms with Crippen LogP contribution in [0, 0.1) is 0 Å². The van der Waals surface area contributed by atoms with E-state index in [-0.39, 0.29) is 31.0 Å². The maximum Gasteiger partial charge on any atom is 0.265 e. The van der Waals surface area contributed by atoms with E-state index in [4.69, 9.17) is 16.3 Å². The highest BCUT2D eigenvalue weighted by atomic mass is 35.5. The van der Waals surface area contributed by atoms with Crippen molar-refractivity contribution in [3.05, 3.63) is 59.1 Å². The van der Waals surface area contributed by atoms with Crippen molar-refractivity contribution < 1.29 is 14.3 Å². The highest BCUT2D eigenvalue weighted by Crippen LogP contribution is 2.32. The summed E-state index contributed by atoms with van der Waals surface area (Å²) in [5.41, 5.74) is 1.54. The number of nitrogens with zero attached hydrogens (tertiary/aromatic N) is 2. The summed E-state index contributed by atoms with van der Waals surface area (Å²) in [5.74, 6) is 0.297. The lowest BCUT2D eigenvalue weighted by Gasteiger charge is -2.38. The van der Waals surface area contributed by atoms with Gasteiger partial charge in [-0.15, -0.1) is 0 Å². The molecule has 1 saturated heterocycles. The van der Waals surface area contributed by atoms with Crippen molar-refractivity contribution in [3.8, 4) is 5.75 Å². The Kier molecular flexibility index (Phi) is 5.01. The van der Waals surface area contributed by atoms with Crippen LogP contribution in [0.3, 0.4) is 0 Å². The van der Waals surface area contributed by atoms with E-state index in [1.165, 1.54) is 4.90 Å². The Hall–Kier alpha value is -2.57. The Morgan fingerprint density at radius 3 is 2.81 bits per heavy atom. The summed E-state index contributed by atoms with van der Waals surface area (Å²) >= 11 is 6.36. The summed E-state index contributed by atoms with van der Waals surface area (Å²) in [6, 6.07) is 14.7. The van der Waals surface area contributed by atoms with Crippen LogP contribution in [0.1, 0.15) is 11.6 Å². The smallest absolute Gasteiger partial charge is 0.265 e. The van der Waals surface area contributed by atoms with Gasteiger partial charge in [0.1, 0.15) is 12.3 Å². The normalized spacial score (nSPS) is 19.4. The van der Waals surface area contributed by atoms with Gasteiger partial charge in [-0.2, -0.15) is 0 Å². The molecule has 4 rings (SSSR count). The molecule has 2 amide bonds. The Labute approximate surface area is 162 Å². The maximum atomic E-state index is 13.1. The first-order chi connectivity index (χ1) is 13.1. The van der Waals surface area contributed by atoms with Gasteiger partial charge in [0.05, 0.1) is 11.7 Å². The fourth-order valence-corrected chi connectivity index (χ4v) is 3.84. The van der Waals surface area contributed by atoms with Crippen LogP contribution < -0.4 is 15.0 Å². The molecule has 0 radical (unpaired) electrons. The molecule has 1 atom stereocenters. The Balaban J connectivity index is 1.58. The number of nitrogens with one attached hydrogen (secondary N) is 1. The molecule has 6 nitrogen and oxygen atoms in total. The monoisotopic (exact) mass is 385 g/mol. The fourth-order valence-electron chi connectivity index (χ4n) is 3.58. The summed E-state index contributed by atoms with van der Waals surface area (Å²) in [5, 5.41) is 3.96. The SMILES string of the molecule is O=C1COc2ccccc2N1CC(=O)N1CCNCC1c1ccccc1Cl. The molecule has 140 valence electrons. The number of halogens is 1. The van der Waals surface area contributed by atoms with Crippen LogP contribution in [-0.4, -0.2) is 49.5 Å². The third kappa shape index (κ3) is 3.50. The van der Waals surface area contributed by atoms with Gasteiger partial charge in [-0.05, 0) is 23.8 Å². The molecule has 0 aromatic heterocycles. The first-order valence-corrected chi connectivity index (χ1v) is 9.30. The van der Waals surface area contributed by atoms with E-state index in [0.717, 1.165) is 5.56 Å². The Morgan fingerprint density at radius 1 is 1.19 bits per heavy atom. The minimum absolute atomic E-state index is 0.0137. The lowest BCUT2D eigenvalue weighted by molar-refractivity contribution is -0.134. The molecule has 1 fully saturated rings. The van der Waals surface area contributed by atoms with Gasteiger partial charge in [0.15, 0.2) is 6.61 Å². The first kappa shape index (κ1) is 17.8. The second-order valence-electron chi connectivity index (χ2n) is 6.56. The average Bonchev–Trinajstić information content (AvgIpc) is 2.70. The van der Waals surface area contributed by atoms with Crippen molar-refractivity contribution in [3.63, 3.8) is 0 Å². The number of hydrogen-bond acceptors (Lipinski definition) is 4. The van der Waals surface area contributed by atoms with Crippen molar-refractivity contribution in [1.82, 2.24) is 10.2 Å². The molecule has 0 spiro atoms. The predicted molar refractivity (Wildman–Crippen MR) is 103 cm³/mol. The molecule has 2 aromatic rings. The summed E-state index contributed by atoms with van der Waals surface area (Å²) in [4.78, 5) is 28.8. The van der Waals surface area contributed by atoms with Gasteiger partial charge in [-0.1, -0.05) is 41.9 Å². The zero-order valence-corrected chi connectivity index (χ0v) is 15.5. The van der Waals surface area contributed by atoms with E-state index in [1.807, 2.05) is 41.3 Å². The van der Waals surface area contributed by atoms with Crippen LogP contribution in [0.5, 0.6) is 5.75 Å². The number of benzene rings is 2. The summed E-state index contributed by atoms with van der Waals surface area (Å²) < 4.78 is 5.46. The van der Waals surface area contributed by atoms with E-state index < -0.39 is 0 Å². The topological polar surface area (TPSA) is 61.9 Å². The van der Waals surface area contributed by atoms with Crippen LogP contribution >= 0.6 is 11.6 Å². The van der Waals surface area contributed by atoms with Gasteiger partial charge in [0.25, 0.3) is 5.91 Å². The number of para-hydroxylation sites is 2. The lowest BCUT2D eigenvalue weighted by atomic mass is 10.0. The van der Waals surface area contributed by atoms with E-state index in [0.29, 0.717) is 36.1 Å². The van der Waals surface area contributed by atoms with Crippen molar-refractivity contribution >= 4 is 29.1 Å². The maximum absolute atomic E-state index is 13.1. The standard InChI is InChI=1S/C20H20ClN3O3/c21-15-6-2-1-5-14(15)17-11-22-9-10-23(17)19(25)12-24-16-7-3-4-8-18(16)27-13-20(24)26/h1-8,17,22H,9-13H2. The zero-order valence-electron chi connectivity index (χ0n) is 14.7. The fraction of sp³-hybridized carbons (Fsp3) is 0.300. The average molecular weight is 386 g/mol. The number of amides is 2. The molecule has 0 saturated carbocycles. The molecule has 7 heteroatoms. The van der Waals surface area contributed by atoms with Crippen molar-refractivity contribution in [2.45, 2.75) is 6.04 Å². The number of carbonyl (C=O) groups excluding carboxylic acids is 2.